The Balaban J connectivity index is 2.78. The van der Waals surface area contributed by atoms with Gasteiger partial charge in [-0.1, -0.05) is 6.92 Å². The molecule has 1 aromatic rings. The topological polar surface area (TPSA) is 70.8 Å². The van der Waals surface area contributed by atoms with E-state index in [-0.39, 0.29) is 17.5 Å². The molecule has 16 heavy (non-hydrogen) atoms. The summed E-state index contributed by atoms with van der Waals surface area (Å²) in [5.74, 6) is -1.46. The lowest BCUT2D eigenvalue weighted by molar-refractivity contribution is -0.137. The van der Waals surface area contributed by atoms with Crippen LogP contribution in [-0.2, 0) is 4.79 Å². The average Bonchev–Trinajstić information content (AvgIpc) is 2.62. The number of carboxylic acids is 1. The van der Waals surface area contributed by atoms with Gasteiger partial charge in [0, 0.05) is 6.54 Å². The third-order valence-electron chi connectivity index (χ3n) is 1.89. The third-order valence-corrected chi connectivity index (χ3v) is 2.09. The largest absolute Gasteiger partial charge is 0.480 e. The normalized spacial score (nSPS) is 10.1. The fraction of sp³-hybridized carbons (Fsp3) is 0.400. The van der Waals surface area contributed by atoms with Crippen LogP contribution in [0.3, 0.4) is 0 Å². The zero-order valence-corrected chi connectivity index (χ0v) is 9.53. The molecule has 0 unspecified atom stereocenters. The minimum atomic E-state index is -1.06. The van der Waals surface area contributed by atoms with Gasteiger partial charge in [-0.3, -0.25) is 9.59 Å². The van der Waals surface area contributed by atoms with Gasteiger partial charge in [-0.25, -0.2) is 0 Å². The predicted molar refractivity (Wildman–Crippen MR) is 57.5 cm³/mol. The monoisotopic (exact) mass is 245 g/mol. The minimum absolute atomic E-state index is 0.0553. The standard InChI is InChI=1S/C10H12ClNO4/c1-2-5-12(6-9(13)14)10(15)7-3-4-8(11)16-7/h3-4H,2,5-6H2,1H3,(H,13,14). The maximum Gasteiger partial charge on any atom is 0.323 e. The Morgan fingerprint density at radius 2 is 2.19 bits per heavy atom. The number of hydrogen-bond acceptors (Lipinski definition) is 3. The van der Waals surface area contributed by atoms with E-state index in [1.807, 2.05) is 6.92 Å². The predicted octanol–water partition coefficient (Wildman–Crippen LogP) is 1.87. The lowest BCUT2D eigenvalue weighted by Crippen LogP contribution is -2.36. The van der Waals surface area contributed by atoms with E-state index in [0.717, 1.165) is 0 Å². The average molecular weight is 246 g/mol. The van der Waals surface area contributed by atoms with Gasteiger partial charge in [-0.15, -0.1) is 0 Å². The summed E-state index contributed by atoms with van der Waals surface area (Å²) in [7, 11) is 0. The van der Waals surface area contributed by atoms with Crippen LogP contribution < -0.4 is 0 Å². The van der Waals surface area contributed by atoms with Crippen LogP contribution in [0.5, 0.6) is 0 Å². The van der Waals surface area contributed by atoms with Crippen molar-refractivity contribution in [3.8, 4) is 0 Å². The van der Waals surface area contributed by atoms with Crippen LogP contribution in [0.15, 0.2) is 16.5 Å². The van der Waals surface area contributed by atoms with Gasteiger partial charge in [0.25, 0.3) is 5.91 Å². The Morgan fingerprint density at radius 3 is 2.62 bits per heavy atom. The summed E-state index contributed by atoms with van der Waals surface area (Å²) in [5, 5.41) is 8.77. The number of nitrogens with zero attached hydrogens (tertiary/aromatic N) is 1. The molecular formula is C10H12ClNO4. The van der Waals surface area contributed by atoms with Gasteiger partial charge in [-0.05, 0) is 30.2 Å². The van der Waals surface area contributed by atoms with E-state index in [1.165, 1.54) is 17.0 Å². The van der Waals surface area contributed by atoms with Crippen molar-refractivity contribution in [1.82, 2.24) is 4.90 Å². The molecule has 0 saturated carbocycles. The molecule has 0 aliphatic carbocycles. The van der Waals surface area contributed by atoms with Crippen molar-refractivity contribution in [2.45, 2.75) is 13.3 Å². The number of halogens is 1. The van der Waals surface area contributed by atoms with E-state index in [0.29, 0.717) is 13.0 Å². The zero-order valence-electron chi connectivity index (χ0n) is 8.77. The molecule has 0 saturated heterocycles. The van der Waals surface area contributed by atoms with Gasteiger partial charge in [0.15, 0.2) is 11.0 Å². The van der Waals surface area contributed by atoms with Gasteiger partial charge in [0.2, 0.25) is 0 Å². The van der Waals surface area contributed by atoms with Crippen LogP contribution in [-0.4, -0.2) is 35.0 Å². The van der Waals surface area contributed by atoms with Crippen LogP contribution >= 0.6 is 11.6 Å². The maximum absolute atomic E-state index is 11.8. The Kier molecular flexibility index (Phi) is 4.37. The molecular weight excluding hydrogens is 234 g/mol. The van der Waals surface area contributed by atoms with Crippen molar-refractivity contribution in [3.63, 3.8) is 0 Å². The van der Waals surface area contributed by atoms with Crippen LogP contribution in [0.4, 0.5) is 0 Å². The minimum Gasteiger partial charge on any atom is -0.480 e. The quantitative estimate of drug-likeness (QED) is 0.860. The van der Waals surface area contributed by atoms with E-state index >= 15 is 0 Å². The summed E-state index contributed by atoms with van der Waals surface area (Å²) >= 11 is 5.54. The summed E-state index contributed by atoms with van der Waals surface area (Å²) in [4.78, 5) is 23.6. The van der Waals surface area contributed by atoms with Crippen molar-refractivity contribution in [3.05, 3.63) is 23.1 Å². The first-order valence-electron chi connectivity index (χ1n) is 4.81. The number of furan rings is 1. The number of amides is 1. The first-order valence-corrected chi connectivity index (χ1v) is 5.18. The van der Waals surface area contributed by atoms with Gasteiger partial charge in [-0.2, -0.15) is 0 Å². The second kappa shape index (κ2) is 5.55. The highest BCUT2D eigenvalue weighted by molar-refractivity contribution is 6.29. The lowest BCUT2D eigenvalue weighted by atomic mass is 10.3. The molecule has 1 aromatic heterocycles. The molecule has 0 radical (unpaired) electrons. The molecule has 5 nitrogen and oxygen atoms in total. The van der Waals surface area contributed by atoms with Crippen LogP contribution in [0.1, 0.15) is 23.9 Å². The highest BCUT2D eigenvalue weighted by Crippen LogP contribution is 2.15. The second-order valence-corrected chi connectivity index (χ2v) is 3.60. The fourth-order valence-electron chi connectivity index (χ4n) is 1.27. The van der Waals surface area contributed by atoms with Crippen molar-refractivity contribution in [2.75, 3.05) is 13.1 Å². The Bertz CT molecular complexity index is 388. The number of carbonyl (C=O) groups is 2. The molecule has 0 aromatic carbocycles. The molecule has 0 aliphatic rings. The molecule has 1 heterocycles. The fourth-order valence-corrected chi connectivity index (χ4v) is 1.42. The van der Waals surface area contributed by atoms with Crippen molar-refractivity contribution in [1.29, 1.82) is 0 Å². The van der Waals surface area contributed by atoms with Crippen LogP contribution in [0.25, 0.3) is 0 Å². The first kappa shape index (κ1) is 12.6. The molecule has 0 spiro atoms. The van der Waals surface area contributed by atoms with Crippen LogP contribution in [0.2, 0.25) is 5.22 Å². The first-order chi connectivity index (χ1) is 7.54. The molecule has 6 heteroatoms. The smallest absolute Gasteiger partial charge is 0.323 e. The summed E-state index contributed by atoms with van der Waals surface area (Å²) in [5.41, 5.74) is 0. The van der Waals surface area contributed by atoms with E-state index < -0.39 is 11.9 Å². The molecule has 1 amide bonds. The maximum atomic E-state index is 11.8. The summed E-state index contributed by atoms with van der Waals surface area (Å²) in [6.45, 7) is 1.88. The lowest BCUT2D eigenvalue weighted by Gasteiger charge is -2.18. The summed E-state index contributed by atoms with van der Waals surface area (Å²) < 4.78 is 4.94. The zero-order chi connectivity index (χ0) is 12.1. The Hall–Kier alpha value is -1.49. The van der Waals surface area contributed by atoms with Gasteiger partial charge in [0.1, 0.15) is 6.54 Å². The molecule has 1 N–H and O–H groups in total. The molecule has 0 fully saturated rings. The van der Waals surface area contributed by atoms with E-state index in [9.17, 15) is 9.59 Å². The molecule has 1 rings (SSSR count). The number of carboxylic acid groups (broad SMARTS) is 1. The highest BCUT2D eigenvalue weighted by atomic mass is 35.5. The van der Waals surface area contributed by atoms with Crippen molar-refractivity contribution in [2.24, 2.45) is 0 Å². The van der Waals surface area contributed by atoms with Crippen molar-refractivity contribution >= 4 is 23.5 Å². The Morgan fingerprint density at radius 1 is 1.50 bits per heavy atom. The van der Waals surface area contributed by atoms with Crippen LogP contribution in [0, 0.1) is 0 Å². The van der Waals surface area contributed by atoms with Gasteiger partial charge >= 0.3 is 5.97 Å². The molecule has 0 atom stereocenters. The van der Waals surface area contributed by atoms with Gasteiger partial charge < -0.3 is 14.4 Å². The van der Waals surface area contributed by atoms with E-state index in [4.69, 9.17) is 21.1 Å². The number of aliphatic carboxylic acids is 1. The number of carbonyl (C=O) groups excluding carboxylic acids is 1. The summed E-state index contributed by atoms with van der Waals surface area (Å²) in [6, 6.07) is 2.87. The summed E-state index contributed by atoms with van der Waals surface area (Å²) in [6.07, 6.45) is 0.674. The third kappa shape index (κ3) is 3.27. The van der Waals surface area contributed by atoms with Gasteiger partial charge in [0.05, 0.1) is 0 Å². The van der Waals surface area contributed by atoms with E-state index in [2.05, 4.69) is 0 Å². The second-order valence-electron chi connectivity index (χ2n) is 3.22. The highest BCUT2D eigenvalue weighted by Gasteiger charge is 2.20. The molecule has 88 valence electrons. The number of rotatable bonds is 5. The number of hydrogen-bond donors (Lipinski definition) is 1. The molecule has 0 aliphatic heterocycles. The van der Waals surface area contributed by atoms with E-state index in [1.54, 1.807) is 0 Å². The SMILES string of the molecule is CCCN(CC(=O)O)C(=O)c1ccc(Cl)o1. The Labute approximate surface area is 97.6 Å². The molecule has 0 bridgehead atoms. The van der Waals surface area contributed by atoms with Crippen molar-refractivity contribution < 1.29 is 19.1 Å².